The van der Waals surface area contributed by atoms with Gasteiger partial charge in [0.25, 0.3) is 0 Å². The van der Waals surface area contributed by atoms with Gasteiger partial charge in [0, 0.05) is 5.56 Å². The van der Waals surface area contributed by atoms with Crippen molar-refractivity contribution < 1.29 is 9.52 Å². The lowest BCUT2D eigenvalue weighted by Gasteiger charge is -2.04. The van der Waals surface area contributed by atoms with Gasteiger partial charge in [0.05, 0.1) is 12.6 Å². The van der Waals surface area contributed by atoms with Gasteiger partial charge in [-0.15, -0.1) is 0 Å². The molecule has 0 amide bonds. The number of rotatable bonds is 2. The van der Waals surface area contributed by atoms with E-state index in [1.54, 1.807) is 0 Å². The fourth-order valence-corrected chi connectivity index (χ4v) is 1.12. The maximum Gasteiger partial charge on any atom is 0.105 e. The van der Waals surface area contributed by atoms with E-state index in [1.807, 2.05) is 19.9 Å². The highest BCUT2D eigenvalue weighted by atomic mass is 16.3. The molecule has 1 atom stereocenters. The van der Waals surface area contributed by atoms with Crippen molar-refractivity contribution in [2.45, 2.75) is 19.9 Å². The minimum absolute atomic E-state index is 0.0419. The van der Waals surface area contributed by atoms with E-state index in [-0.39, 0.29) is 12.6 Å². The van der Waals surface area contributed by atoms with Crippen LogP contribution in [-0.2, 0) is 0 Å². The molecule has 0 unspecified atom stereocenters. The number of furan rings is 1. The van der Waals surface area contributed by atoms with Crippen molar-refractivity contribution in [2.75, 3.05) is 6.61 Å². The fourth-order valence-electron chi connectivity index (χ4n) is 1.12. The summed E-state index contributed by atoms with van der Waals surface area (Å²) in [5.41, 5.74) is 6.49. The van der Waals surface area contributed by atoms with Crippen LogP contribution in [0, 0.1) is 13.8 Å². The Labute approximate surface area is 65.8 Å². The van der Waals surface area contributed by atoms with Gasteiger partial charge >= 0.3 is 0 Å². The third kappa shape index (κ3) is 1.61. The van der Waals surface area contributed by atoms with Crippen LogP contribution < -0.4 is 5.73 Å². The fraction of sp³-hybridized carbons (Fsp3) is 0.500. The molecule has 3 nitrogen and oxygen atoms in total. The van der Waals surface area contributed by atoms with Crippen LogP contribution in [-0.4, -0.2) is 11.7 Å². The first-order valence-corrected chi connectivity index (χ1v) is 3.58. The first kappa shape index (κ1) is 8.30. The van der Waals surface area contributed by atoms with Crippen LogP contribution in [0.1, 0.15) is 23.1 Å². The second-order valence-electron chi connectivity index (χ2n) is 2.66. The number of aryl methyl sites for hydroxylation is 2. The Hall–Kier alpha value is -0.800. The molecule has 0 aromatic carbocycles. The molecule has 3 heteroatoms. The van der Waals surface area contributed by atoms with Gasteiger partial charge < -0.3 is 15.3 Å². The highest BCUT2D eigenvalue weighted by Crippen LogP contribution is 2.18. The van der Waals surface area contributed by atoms with Gasteiger partial charge in [-0.1, -0.05) is 0 Å². The zero-order valence-electron chi connectivity index (χ0n) is 6.79. The molecule has 0 spiro atoms. The van der Waals surface area contributed by atoms with Gasteiger partial charge in [-0.25, -0.2) is 0 Å². The summed E-state index contributed by atoms with van der Waals surface area (Å²) >= 11 is 0. The molecule has 1 heterocycles. The second-order valence-corrected chi connectivity index (χ2v) is 2.66. The van der Waals surface area contributed by atoms with Crippen LogP contribution >= 0.6 is 0 Å². The Morgan fingerprint density at radius 1 is 1.64 bits per heavy atom. The van der Waals surface area contributed by atoms with E-state index in [0.29, 0.717) is 0 Å². The average molecular weight is 155 g/mol. The normalized spacial score (nSPS) is 13.5. The molecule has 62 valence electrons. The van der Waals surface area contributed by atoms with Crippen molar-refractivity contribution in [2.24, 2.45) is 5.73 Å². The van der Waals surface area contributed by atoms with Crippen LogP contribution in [0.15, 0.2) is 10.5 Å². The van der Waals surface area contributed by atoms with Gasteiger partial charge in [0.2, 0.25) is 0 Å². The molecule has 0 radical (unpaired) electrons. The predicted octanol–water partition coefficient (Wildman–Crippen LogP) is 0.889. The van der Waals surface area contributed by atoms with E-state index in [2.05, 4.69) is 0 Å². The smallest absolute Gasteiger partial charge is 0.105 e. The molecule has 1 rings (SSSR count). The third-order valence-corrected chi connectivity index (χ3v) is 1.68. The molecule has 0 saturated carbocycles. The third-order valence-electron chi connectivity index (χ3n) is 1.68. The van der Waals surface area contributed by atoms with Gasteiger partial charge in [0.1, 0.15) is 11.5 Å². The lowest BCUT2D eigenvalue weighted by atomic mass is 10.1. The van der Waals surface area contributed by atoms with Crippen LogP contribution in [0.4, 0.5) is 0 Å². The summed E-state index contributed by atoms with van der Waals surface area (Å²) in [7, 11) is 0. The first-order chi connectivity index (χ1) is 5.15. The Bertz CT molecular complexity index is 242. The Kier molecular flexibility index (Phi) is 2.31. The first-order valence-electron chi connectivity index (χ1n) is 3.58. The number of hydrogen-bond acceptors (Lipinski definition) is 3. The van der Waals surface area contributed by atoms with Gasteiger partial charge in [-0.05, 0) is 19.9 Å². The highest BCUT2D eigenvalue weighted by Gasteiger charge is 2.11. The summed E-state index contributed by atoms with van der Waals surface area (Å²) in [5.74, 6) is 1.63. The summed E-state index contributed by atoms with van der Waals surface area (Å²) < 4.78 is 5.25. The van der Waals surface area contributed by atoms with Gasteiger partial charge in [0.15, 0.2) is 0 Å². The Balaban J connectivity index is 2.93. The van der Waals surface area contributed by atoms with E-state index in [1.165, 1.54) is 0 Å². The molecule has 0 saturated heterocycles. The van der Waals surface area contributed by atoms with E-state index in [4.69, 9.17) is 15.3 Å². The van der Waals surface area contributed by atoms with Crippen molar-refractivity contribution >= 4 is 0 Å². The van der Waals surface area contributed by atoms with E-state index in [9.17, 15) is 0 Å². The average Bonchev–Trinajstić information content (AvgIpc) is 2.28. The standard InChI is InChI=1S/C8H13NO2/c1-5-3-7(6(2)11-5)8(9)4-10/h3,8,10H,4,9H2,1-2H3/t8-/m0/s1. The largest absolute Gasteiger partial charge is 0.466 e. The molecule has 1 aromatic rings. The molecular weight excluding hydrogens is 142 g/mol. The maximum absolute atomic E-state index is 8.76. The Morgan fingerprint density at radius 2 is 2.27 bits per heavy atom. The molecular formula is C8H13NO2. The quantitative estimate of drug-likeness (QED) is 0.666. The van der Waals surface area contributed by atoms with Crippen LogP contribution in [0.2, 0.25) is 0 Å². The molecule has 1 aromatic heterocycles. The van der Waals surface area contributed by atoms with E-state index >= 15 is 0 Å². The second kappa shape index (κ2) is 3.07. The van der Waals surface area contributed by atoms with Crippen molar-refractivity contribution in [3.8, 4) is 0 Å². The van der Waals surface area contributed by atoms with Gasteiger partial charge in [-0.3, -0.25) is 0 Å². The Morgan fingerprint density at radius 3 is 2.64 bits per heavy atom. The van der Waals surface area contributed by atoms with Crippen LogP contribution in [0.5, 0.6) is 0 Å². The summed E-state index contributed by atoms with van der Waals surface area (Å²) in [5, 5.41) is 8.76. The number of hydrogen-bond donors (Lipinski definition) is 2. The van der Waals surface area contributed by atoms with Crippen LogP contribution in [0.25, 0.3) is 0 Å². The molecule has 11 heavy (non-hydrogen) atoms. The maximum atomic E-state index is 8.76. The zero-order valence-corrected chi connectivity index (χ0v) is 6.79. The monoisotopic (exact) mass is 155 g/mol. The van der Waals surface area contributed by atoms with E-state index in [0.717, 1.165) is 17.1 Å². The molecule has 0 fully saturated rings. The molecule has 0 aliphatic carbocycles. The van der Waals surface area contributed by atoms with Crippen molar-refractivity contribution in [3.05, 3.63) is 23.2 Å². The minimum Gasteiger partial charge on any atom is -0.466 e. The summed E-state index contributed by atoms with van der Waals surface area (Å²) in [6, 6.07) is 1.54. The minimum atomic E-state index is -0.313. The topological polar surface area (TPSA) is 59.4 Å². The van der Waals surface area contributed by atoms with Crippen molar-refractivity contribution in [3.63, 3.8) is 0 Å². The molecule has 0 aliphatic heterocycles. The van der Waals surface area contributed by atoms with Crippen molar-refractivity contribution in [1.82, 2.24) is 0 Å². The predicted molar refractivity (Wildman–Crippen MR) is 42.2 cm³/mol. The number of aliphatic hydroxyl groups is 1. The molecule has 0 bridgehead atoms. The summed E-state index contributed by atoms with van der Waals surface area (Å²) in [6.45, 7) is 3.66. The number of aliphatic hydroxyl groups excluding tert-OH is 1. The number of nitrogens with two attached hydrogens (primary N) is 1. The molecule has 0 aliphatic rings. The zero-order chi connectivity index (χ0) is 8.43. The SMILES string of the molecule is Cc1cc([C@@H](N)CO)c(C)o1. The van der Waals surface area contributed by atoms with Crippen LogP contribution in [0.3, 0.4) is 0 Å². The molecule has 3 N–H and O–H groups in total. The highest BCUT2D eigenvalue weighted by molar-refractivity contribution is 5.23. The van der Waals surface area contributed by atoms with Gasteiger partial charge in [-0.2, -0.15) is 0 Å². The lowest BCUT2D eigenvalue weighted by Crippen LogP contribution is -2.14. The summed E-state index contributed by atoms with van der Waals surface area (Å²) in [6.07, 6.45) is 0. The summed E-state index contributed by atoms with van der Waals surface area (Å²) in [4.78, 5) is 0. The lowest BCUT2D eigenvalue weighted by molar-refractivity contribution is 0.266. The van der Waals surface area contributed by atoms with Crippen molar-refractivity contribution in [1.29, 1.82) is 0 Å². The van der Waals surface area contributed by atoms with E-state index < -0.39 is 0 Å².